The molecule has 0 radical (unpaired) electrons. The third kappa shape index (κ3) is 2.25. The van der Waals surface area contributed by atoms with Gasteiger partial charge in [-0.2, -0.15) is 0 Å². The Hall–Kier alpha value is -0.160. The first-order chi connectivity index (χ1) is 7.31. The Morgan fingerprint density at radius 2 is 1.94 bits per heavy atom. The summed E-state index contributed by atoms with van der Waals surface area (Å²) in [6, 6.07) is -0.0244. The van der Waals surface area contributed by atoms with E-state index in [0.717, 1.165) is 12.8 Å². The highest BCUT2D eigenvalue weighted by Crippen LogP contribution is 2.47. The topological polar surface area (TPSA) is 60.2 Å². The highest BCUT2D eigenvalue weighted by molar-refractivity contribution is 7.91. The summed E-state index contributed by atoms with van der Waals surface area (Å²) >= 11 is 0. The molecule has 0 spiro atoms. The van der Waals surface area contributed by atoms with Crippen LogP contribution < -0.4 is 5.73 Å². The second-order valence-electron chi connectivity index (χ2n) is 5.52. The number of hydrogen-bond donors (Lipinski definition) is 1. The van der Waals surface area contributed by atoms with E-state index in [-0.39, 0.29) is 17.2 Å². The van der Waals surface area contributed by atoms with Crippen LogP contribution in [0.2, 0.25) is 0 Å². The minimum absolute atomic E-state index is 0.0244. The fraction of sp³-hybridized carbons (Fsp3) is 1.00. The fourth-order valence-corrected chi connectivity index (χ4v) is 4.33. The van der Waals surface area contributed by atoms with E-state index in [4.69, 9.17) is 5.73 Å². The van der Waals surface area contributed by atoms with Gasteiger partial charge < -0.3 is 5.73 Å². The van der Waals surface area contributed by atoms with Gasteiger partial charge in [0.1, 0.15) is 15.5 Å². The minimum Gasteiger partial charge on any atom is -0.327 e. The monoisotopic (exact) mass is 249 g/mol. The highest BCUT2D eigenvalue weighted by Gasteiger charge is 2.50. The average molecular weight is 249 g/mol. The van der Waals surface area contributed by atoms with Gasteiger partial charge in [-0.1, -0.05) is 6.42 Å². The largest absolute Gasteiger partial charge is 0.327 e. The van der Waals surface area contributed by atoms with Crippen LogP contribution in [-0.2, 0) is 9.84 Å². The third-order valence-electron chi connectivity index (χ3n) is 4.17. The molecule has 0 aromatic rings. The summed E-state index contributed by atoms with van der Waals surface area (Å²) in [5.74, 6) is -0.0965. The predicted molar refractivity (Wildman–Crippen MR) is 61.6 cm³/mol. The molecule has 0 saturated heterocycles. The molecular formula is C11H20FNO2S. The van der Waals surface area contributed by atoms with E-state index in [1.807, 2.05) is 0 Å². The molecule has 94 valence electrons. The lowest BCUT2D eigenvalue weighted by molar-refractivity contribution is -0.0296. The number of alkyl halides is 1. The van der Waals surface area contributed by atoms with Crippen molar-refractivity contribution >= 4 is 9.84 Å². The third-order valence-corrected chi connectivity index (χ3v) is 5.81. The van der Waals surface area contributed by atoms with Crippen LogP contribution in [0.3, 0.4) is 0 Å². The Morgan fingerprint density at radius 1 is 1.31 bits per heavy atom. The van der Waals surface area contributed by atoms with Crippen molar-refractivity contribution in [3.8, 4) is 0 Å². The van der Waals surface area contributed by atoms with E-state index in [1.54, 1.807) is 0 Å². The molecule has 0 aromatic carbocycles. The van der Waals surface area contributed by atoms with Crippen molar-refractivity contribution in [3.63, 3.8) is 0 Å². The molecule has 5 heteroatoms. The zero-order valence-corrected chi connectivity index (χ0v) is 10.5. The molecule has 2 unspecified atom stereocenters. The maximum absolute atomic E-state index is 14.3. The van der Waals surface area contributed by atoms with Gasteiger partial charge in [-0.25, -0.2) is 12.8 Å². The highest BCUT2D eigenvalue weighted by atomic mass is 32.2. The molecule has 16 heavy (non-hydrogen) atoms. The molecule has 2 N–H and O–H groups in total. The lowest BCUT2D eigenvalue weighted by atomic mass is 9.65. The van der Waals surface area contributed by atoms with Crippen molar-refractivity contribution in [1.82, 2.24) is 0 Å². The number of sulfone groups is 1. The summed E-state index contributed by atoms with van der Waals surface area (Å²) < 4.78 is 37.3. The molecule has 2 rings (SSSR count). The summed E-state index contributed by atoms with van der Waals surface area (Å²) in [6.07, 6.45) is 4.90. The fourth-order valence-electron chi connectivity index (χ4n) is 3.15. The molecule has 2 atom stereocenters. The zero-order valence-electron chi connectivity index (χ0n) is 9.65. The molecular weight excluding hydrogens is 229 g/mol. The molecule has 2 fully saturated rings. The molecule has 0 amide bonds. The summed E-state index contributed by atoms with van der Waals surface area (Å²) in [4.78, 5) is 0. The average Bonchev–Trinajstić information content (AvgIpc) is 2.14. The summed E-state index contributed by atoms with van der Waals surface area (Å²) in [5.41, 5.74) is 4.45. The molecule has 2 aliphatic rings. The predicted octanol–water partition coefficient (Wildman–Crippen LogP) is 1.42. The van der Waals surface area contributed by atoms with Crippen LogP contribution in [0.15, 0.2) is 0 Å². The van der Waals surface area contributed by atoms with Crippen LogP contribution >= 0.6 is 0 Å². The van der Waals surface area contributed by atoms with E-state index in [1.165, 1.54) is 6.26 Å². The zero-order chi connectivity index (χ0) is 12.0. The van der Waals surface area contributed by atoms with Crippen LogP contribution in [0, 0.1) is 5.92 Å². The van der Waals surface area contributed by atoms with Gasteiger partial charge in [0.2, 0.25) is 0 Å². The van der Waals surface area contributed by atoms with Crippen LogP contribution in [0.25, 0.3) is 0 Å². The molecule has 2 saturated carbocycles. The van der Waals surface area contributed by atoms with Crippen molar-refractivity contribution in [2.24, 2.45) is 11.7 Å². The summed E-state index contributed by atoms with van der Waals surface area (Å²) in [7, 11) is -3.01. The van der Waals surface area contributed by atoms with Gasteiger partial charge in [0, 0.05) is 12.3 Å². The van der Waals surface area contributed by atoms with E-state index in [9.17, 15) is 12.8 Å². The van der Waals surface area contributed by atoms with E-state index >= 15 is 0 Å². The van der Waals surface area contributed by atoms with E-state index in [2.05, 4.69) is 0 Å². The van der Waals surface area contributed by atoms with Crippen molar-refractivity contribution < 1.29 is 12.8 Å². The van der Waals surface area contributed by atoms with Crippen LogP contribution in [0.5, 0.6) is 0 Å². The normalized spacial score (nSPS) is 45.1. The maximum Gasteiger partial charge on any atom is 0.150 e. The van der Waals surface area contributed by atoms with Crippen LogP contribution in [0.4, 0.5) is 4.39 Å². The van der Waals surface area contributed by atoms with Crippen LogP contribution in [-0.4, -0.2) is 31.6 Å². The number of rotatable bonds is 2. The standard InChI is InChI=1S/C11H20FNO2S/c1-16(14,15)10-4-2-3-8(5-10)11(12)6-9(13)7-11/h8-10H,2-7,13H2,1H3. The van der Waals surface area contributed by atoms with Crippen LogP contribution in [0.1, 0.15) is 38.5 Å². The van der Waals surface area contributed by atoms with Gasteiger partial charge in [0.15, 0.2) is 0 Å². The Labute approximate surface area is 96.5 Å². The first kappa shape index (κ1) is 12.3. The lowest BCUT2D eigenvalue weighted by Gasteiger charge is -2.47. The molecule has 2 aliphatic carbocycles. The van der Waals surface area contributed by atoms with Crippen molar-refractivity contribution in [3.05, 3.63) is 0 Å². The molecule has 0 aliphatic heterocycles. The number of halogens is 1. The Kier molecular flexibility index (Phi) is 3.03. The Morgan fingerprint density at radius 3 is 2.44 bits per heavy atom. The quantitative estimate of drug-likeness (QED) is 0.805. The van der Waals surface area contributed by atoms with Crippen molar-refractivity contribution in [1.29, 1.82) is 0 Å². The smallest absolute Gasteiger partial charge is 0.150 e. The molecule has 0 heterocycles. The summed E-state index contributed by atoms with van der Waals surface area (Å²) in [5, 5.41) is -0.337. The number of hydrogen-bond acceptors (Lipinski definition) is 3. The van der Waals surface area contributed by atoms with Gasteiger partial charge in [0.05, 0.1) is 5.25 Å². The second-order valence-corrected chi connectivity index (χ2v) is 7.84. The van der Waals surface area contributed by atoms with Gasteiger partial charge in [-0.05, 0) is 38.0 Å². The molecule has 0 aromatic heterocycles. The Bertz CT molecular complexity index is 362. The first-order valence-corrected chi connectivity index (χ1v) is 7.90. The maximum atomic E-state index is 14.3. The number of nitrogens with two attached hydrogens (primary N) is 1. The second kappa shape index (κ2) is 3.95. The van der Waals surface area contributed by atoms with Gasteiger partial charge >= 0.3 is 0 Å². The van der Waals surface area contributed by atoms with Gasteiger partial charge in [-0.3, -0.25) is 0 Å². The van der Waals surface area contributed by atoms with E-state index in [0.29, 0.717) is 25.7 Å². The first-order valence-electron chi connectivity index (χ1n) is 5.94. The summed E-state index contributed by atoms with van der Waals surface area (Å²) in [6.45, 7) is 0. The minimum atomic E-state index is -3.01. The van der Waals surface area contributed by atoms with E-state index < -0.39 is 15.5 Å². The SMILES string of the molecule is CS(=O)(=O)C1CCCC(C2(F)CC(N)C2)C1. The molecule has 3 nitrogen and oxygen atoms in total. The van der Waals surface area contributed by atoms with Gasteiger partial charge in [-0.15, -0.1) is 0 Å². The Balaban J connectivity index is 2.03. The van der Waals surface area contributed by atoms with Crippen molar-refractivity contribution in [2.45, 2.75) is 55.5 Å². The lowest BCUT2D eigenvalue weighted by Crippen LogP contribution is -2.54. The van der Waals surface area contributed by atoms with Crippen molar-refractivity contribution in [2.75, 3.05) is 6.26 Å². The molecule has 0 bridgehead atoms. The van der Waals surface area contributed by atoms with Gasteiger partial charge in [0.25, 0.3) is 0 Å².